The predicted molar refractivity (Wildman–Crippen MR) is 74.4 cm³/mol. The third-order valence-electron chi connectivity index (χ3n) is 2.95. The molecule has 0 aromatic heterocycles. The van der Waals surface area contributed by atoms with Crippen LogP contribution >= 0.6 is 11.6 Å². The van der Waals surface area contributed by atoms with Crippen molar-refractivity contribution in [1.82, 2.24) is 0 Å². The van der Waals surface area contributed by atoms with Crippen LogP contribution in [-0.4, -0.2) is 0 Å². The molecule has 0 spiro atoms. The summed E-state index contributed by atoms with van der Waals surface area (Å²) in [4.78, 5) is 0. The number of fused-ring (bicyclic) bond motifs is 1. The summed E-state index contributed by atoms with van der Waals surface area (Å²) in [7, 11) is 0. The maximum atomic E-state index is 6.26. The molecule has 17 heavy (non-hydrogen) atoms. The third-order valence-corrected chi connectivity index (χ3v) is 3.28. The molecule has 0 aliphatic heterocycles. The van der Waals surface area contributed by atoms with E-state index in [1.165, 1.54) is 16.3 Å². The van der Waals surface area contributed by atoms with Crippen LogP contribution in [0.4, 0.5) is 0 Å². The average molecular weight is 239 g/mol. The van der Waals surface area contributed by atoms with Crippen LogP contribution in [0.3, 0.4) is 0 Å². The minimum absolute atomic E-state index is 0.795. The van der Waals surface area contributed by atoms with Crippen molar-refractivity contribution in [2.24, 2.45) is 0 Å². The van der Waals surface area contributed by atoms with Crippen molar-refractivity contribution in [2.75, 3.05) is 0 Å². The molecule has 3 aromatic rings. The highest BCUT2D eigenvalue weighted by Gasteiger charge is 2.05. The van der Waals surface area contributed by atoms with Gasteiger partial charge in [-0.3, -0.25) is 0 Å². The van der Waals surface area contributed by atoms with Gasteiger partial charge in [0.15, 0.2) is 0 Å². The molecule has 0 unspecified atom stereocenters. The van der Waals surface area contributed by atoms with Crippen molar-refractivity contribution in [2.45, 2.75) is 0 Å². The first kappa shape index (κ1) is 10.4. The number of halogens is 1. The lowest BCUT2D eigenvalue weighted by Crippen LogP contribution is -1.81. The van der Waals surface area contributed by atoms with E-state index in [1.54, 1.807) is 0 Å². The van der Waals surface area contributed by atoms with E-state index in [0.29, 0.717) is 0 Å². The maximum Gasteiger partial charge on any atom is 0.0484 e. The first-order chi connectivity index (χ1) is 8.36. The Morgan fingerprint density at radius 2 is 1.24 bits per heavy atom. The van der Waals surface area contributed by atoms with Crippen LogP contribution in [0.5, 0.6) is 0 Å². The quantitative estimate of drug-likeness (QED) is 0.549. The maximum absolute atomic E-state index is 6.26. The number of hydrogen-bond donors (Lipinski definition) is 0. The van der Waals surface area contributed by atoms with Crippen LogP contribution in [-0.2, 0) is 0 Å². The summed E-state index contributed by atoms with van der Waals surface area (Å²) in [6.45, 7) is 0. The van der Waals surface area contributed by atoms with Crippen LogP contribution in [0.25, 0.3) is 21.9 Å². The van der Waals surface area contributed by atoms with Gasteiger partial charge in [0.1, 0.15) is 0 Å². The molecule has 0 heterocycles. The summed E-state index contributed by atoms with van der Waals surface area (Å²) in [5, 5.41) is 3.27. The molecule has 3 aromatic carbocycles. The van der Waals surface area contributed by atoms with Gasteiger partial charge in [-0.2, -0.15) is 0 Å². The average Bonchev–Trinajstić information content (AvgIpc) is 2.39. The van der Waals surface area contributed by atoms with Crippen LogP contribution in [0.1, 0.15) is 0 Å². The van der Waals surface area contributed by atoms with E-state index in [-0.39, 0.29) is 0 Å². The zero-order chi connectivity index (χ0) is 11.7. The van der Waals surface area contributed by atoms with Gasteiger partial charge >= 0.3 is 0 Å². The topological polar surface area (TPSA) is 0 Å². The van der Waals surface area contributed by atoms with Crippen LogP contribution in [0.15, 0.2) is 66.7 Å². The summed E-state index contributed by atoms with van der Waals surface area (Å²) in [5.41, 5.74) is 2.28. The molecule has 0 saturated heterocycles. The van der Waals surface area contributed by atoms with Crippen LogP contribution in [0, 0.1) is 0 Å². The molecule has 0 aliphatic rings. The molecule has 3 rings (SSSR count). The van der Waals surface area contributed by atoms with Gasteiger partial charge in [-0.25, -0.2) is 0 Å². The Bertz CT molecular complexity index is 666. The van der Waals surface area contributed by atoms with Crippen LogP contribution < -0.4 is 0 Å². The summed E-state index contributed by atoms with van der Waals surface area (Å²) < 4.78 is 0. The molecule has 1 heteroatoms. The zero-order valence-corrected chi connectivity index (χ0v) is 9.98. The largest absolute Gasteiger partial charge is 0.0837 e. The molecule has 0 aliphatic carbocycles. The number of hydrogen-bond acceptors (Lipinski definition) is 0. The summed E-state index contributed by atoms with van der Waals surface area (Å²) in [5.74, 6) is 0. The van der Waals surface area contributed by atoms with Gasteiger partial charge in [0.2, 0.25) is 0 Å². The van der Waals surface area contributed by atoms with Gasteiger partial charge in [-0.1, -0.05) is 72.3 Å². The molecular formula is C16H11Cl. The summed E-state index contributed by atoms with van der Waals surface area (Å²) >= 11 is 6.26. The molecule has 0 amide bonds. The molecular weight excluding hydrogens is 228 g/mol. The standard InChI is InChI=1S/C16H11Cl/c17-16-11-4-3-9-15(16)14-10-5-7-12-6-1-2-8-13(12)14/h1-11H. The lowest BCUT2D eigenvalue weighted by Gasteiger charge is -2.08. The van der Waals surface area contributed by atoms with Crippen molar-refractivity contribution in [1.29, 1.82) is 0 Å². The zero-order valence-electron chi connectivity index (χ0n) is 9.23. The Morgan fingerprint density at radius 1 is 0.588 bits per heavy atom. The van der Waals surface area contributed by atoms with Gasteiger partial charge < -0.3 is 0 Å². The van der Waals surface area contributed by atoms with Crippen molar-refractivity contribution in [3.05, 3.63) is 71.8 Å². The number of rotatable bonds is 1. The molecule has 0 N–H and O–H groups in total. The minimum Gasteiger partial charge on any atom is -0.0837 e. The predicted octanol–water partition coefficient (Wildman–Crippen LogP) is 5.16. The fraction of sp³-hybridized carbons (Fsp3) is 0. The van der Waals surface area contributed by atoms with E-state index >= 15 is 0 Å². The Balaban J connectivity index is 2.35. The van der Waals surface area contributed by atoms with Gasteiger partial charge in [0.05, 0.1) is 0 Å². The molecule has 0 fully saturated rings. The van der Waals surface area contributed by atoms with Gasteiger partial charge in [-0.05, 0) is 22.4 Å². The molecule has 0 radical (unpaired) electrons. The van der Waals surface area contributed by atoms with E-state index in [4.69, 9.17) is 11.6 Å². The highest BCUT2D eigenvalue weighted by molar-refractivity contribution is 6.33. The third kappa shape index (κ3) is 1.81. The second-order valence-corrected chi connectivity index (χ2v) is 4.41. The van der Waals surface area contributed by atoms with Crippen molar-refractivity contribution in [3.8, 4) is 11.1 Å². The van der Waals surface area contributed by atoms with Crippen molar-refractivity contribution >= 4 is 22.4 Å². The number of benzene rings is 3. The minimum atomic E-state index is 0.795. The molecule has 82 valence electrons. The van der Waals surface area contributed by atoms with E-state index in [2.05, 4.69) is 48.5 Å². The SMILES string of the molecule is Clc1ccccc1-c1cccc2ccccc12. The van der Waals surface area contributed by atoms with E-state index in [1.807, 2.05) is 18.2 Å². The Kier molecular flexibility index (Phi) is 2.58. The normalized spacial score (nSPS) is 10.6. The summed E-state index contributed by atoms with van der Waals surface area (Å²) in [6.07, 6.45) is 0. The van der Waals surface area contributed by atoms with Gasteiger partial charge in [0.25, 0.3) is 0 Å². The first-order valence-electron chi connectivity index (χ1n) is 5.59. The molecule has 0 bridgehead atoms. The Hall–Kier alpha value is -1.79. The smallest absolute Gasteiger partial charge is 0.0484 e. The highest BCUT2D eigenvalue weighted by atomic mass is 35.5. The second kappa shape index (κ2) is 4.23. The Labute approximate surface area is 105 Å². The van der Waals surface area contributed by atoms with E-state index < -0.39 is 0 Å². The highest BCUT2D eigenvalue weighted by Crippen LogP contribution is 2.32. The first-order valence-corrected chi connectivity index (χ1v) is 5.97. The monoisotopic (exact) mass is 238 g/mol. The van der Waals surface area contributed by atoms with Crippen LogP contribution in [0.2, 0.25) is 5.02 Å². The van der Waals surface area contributed by atoms with Gasteiger partial charge in [0, 0.05) is 10.6 Å². The van der Waals surface area contributed by atoms with Gasteiger partial charge in [-0.15, -0.1) is 0 Å². The van der Waals surface area contributed by atoms with E-state index in [0.717, 1.165) is 10.6 Å². The lowest BCUT2D eigenvalue weighted by molar-refractivity contribution is 1.65. The second-order valence-electron chi connectivity index (χ2n) is 4.01. The van der Waals surface area contributed by atoms with Crippen molar-refractivity contribution < 1.29 is 0 Å². The van der Waals surface area contributed by atoms with Crippen molar-refractivity contribution in [3.63, 3.8) is 0 Å². The lowest BCUT2D eigenvalue weighted by atomic mass is 9.98. The molecule has 0 atom stereocenters. The fourth-order valence-corrected chi connectivity index (χ4v) is 2.38. The molecule has 0 saturated carbocycles. The fourth-order valence-electron chi connectivity index (χ4n) is 2.14. The molecule has 0 nitrogen and oxygen atoms in total. The Morgan fingerprint density at radius 3 is 2.12 bits per heavy atom. The van der Waals surface area contributed by atoms with E-state index in [9.17, 15) is 0 Å². The summed E-state index contributed by atoms with van der Waals surface area (Å²) in [6, 6.07) is 22.6.